The number of carbonyl (C=O) groups excluding carboxylic acids is 2. The molecule has 1 aliphatic heterocycles. The van der Waals surface area contributed by atoms with Crippen LogP contribution in [0.4, 0.5) is 0 Å². The highest BCUT2D eigenvalue weighted by Gasteiger charge is 2.47. The van der Waals surface area contributed by atoms with Crippen LogP contribution < -0.4 is 5.32 Å². The van der Waals surface area contributed by atoms with Crippen LogP contribution >= 0.6 is 11.8 Å². The highest BCUT2D eigenvalue weighted by Crippen LogP contribution is 2.25. The van der Waals surface area contributed by atoms with Crippen molar-refractivity contribution >= 4 is 23.6 Å². The van der Waals surface area contributed by atoms with Gasteiger partial charge in [0.05, 0.1) is 0 Å². The van der Waals surface area contributed by atoms with Gasteiger partial charge in [-0.25, -0.2) is 0 Å². The lowest BCUT2D eigenvalue weighted by Gasteiger charge is -2.47. The zero-order valence-corrected chi connectivity index (χ0v) is 12.9. The van der Waals surface area contributed by atoms with Crippen LogP contribution in [0.3, 0.4) is 0 Å². The van der Waals surface area contributed by atoms with Gasteiger partial charge in [-0.1, -0.05) is 13.8 Å². The molecular formula is C13H24N2O2S. The molecule has 0 radical (unpaired) electrons. The standard InChI is InChI=1S/C13H24N2O2S/c1-8(2)10-11(16)14-13(4,5)12(17)15(10)9(3)7-18-6/h8-10H,7H2,1-6H3,(H,14,16). The van der Waals surface area contributed by atoms with Gasteiger partial charge in [0.25, 0.3) is 0 Å². The summed E-state index contributed by atoms with van der Waals surface area (Å²) in [5.41, 5.74) is -0.796. The third kappa shape index (κ3) is 2.82. The summed E-state index contributed by atoms with van der Waals surface area (Å²) in [5.74, 6) is 0.942. The number of nitrogens with zero attached hydrogens (tertiary/aromatic N) is 1. The molecule has 104 valence electrons. The Hall–Kier alpha value is -0.710. The Kier molecular flexibility index (Phi) is 4.70. The summed E-state index contributed by atoms with van der Waals surface area (Å²) in [6, 6.07) is -0.280. The zero-order chi connectivity index (χ0) is 14.1. The van der Waals surface area contributed by atoms with Crippen molar-refractivity contribution in [3.8, 4) is 0 Å². The van der Waals surface area contributed by atoms with Crippen molar-refractivity contribution in [1.82, 2.24) is 10.2 Å². The number of rotatable bonds is 4. The van der Waals surface area contributed by atoms with E-state index < -0.39 is 5.54 Å². The first-order chi connectivity index (χ1) is 8.22. The summed E-state index contributed by atoms with van der Waals surface area (Å²) in [4.78, 5) is 26.5. The molecule has 1 rings (SSSR count). The average molecular weight is 272 g/mol. The number of nitrogens with one attached hydrogen (secondary N) is 1. The molecular weight excluding hydrogens is 248 g/mol. The molecule has 0 aromatic carbocycles. The lowest BCUT2D eigenvalue weighted by atomic mass is 9.90. The first kappa shape index (κ1) is 15.3. The fourth-order valence-corrected chi connectivity index (χ4v) is 3.07. The minimum absolute atomic E-state index is 0.0161. The highest BCUT2D eigenvalue weighted by molar-refractivity contribution is 7.98. The van der Waals surface area contributed by atoms with Crippen LogP contribution in [0, 0.1) is 5.92 Å². The van der Waals surface area contributed by atoms with Gasteiger partial charge < -0.3 is 10.2 Å². The summed E-state index contributed by atoms with van der Waals surface area (Å²) in [7, 11) is 0. The van der Waals surface area contributed by atoms with Crippen molar-refractivity contribution < 1.29 is 9.59 Å². The summed E-state index contributed by atoms with van der Waals surface area (Å²) >= 11 is 1.69. The van der Waals surface area contributed by atoms with Gasteiger partial charge in [-0.05, 0) is 32.9 Å². The molecule has 0 bridgehead atoms. The Morgan fingerprint density at radius 3 is 2.33 bits per heavy atom. The van der Waals surface area contributed by atoms with Gasteiger partial charge in [0.15, 0.2) is 0 Å². The van der Waals surface area contributed by atoms with Gasteiger partial charge in [-0.15, -0.1) is 0 Å². The molecule has 4 nitrogen and oxygen atoms in total. The van der Waals surface area contributed by atoms with Crippen LogP contribution in [0.15, 0.2) is 0 Å². The lowest BCUT2D eigenvalue weighted by Crippen LogP contribution is -2.71. The van der Waals surface area contributed by atoms with Crippen molar-refractivity contribution in [3.63, 3.8) is 0 Å². The van der Waals surface area contributed by atoms with E-state index in [1.54, 1.807) is 30.5 Å². The first-order valence-corrected chi connectivity index (χ1v) is 7.75. The maximum atomic E-state index is 12.5. The topological polar surface area (TPSA) is 49.4 Å². The molecule has 1 aliphatic rings. The SMILES string of the molecule is CSCC(C)N1C(=O)C(C)(C)NC(=O)C1C(C)C. The molecule has 2 amide bonds. The van der Waals surface area contributed by atoms with E-state index in [1.165, 1.54) is 0 Å². The molecule has 0 saturated carbocycles. The van der Waals surface area contributed by atoms with Crippen molar-refractivity contribution in [2.45, 2.75) is 52.2 Å². The van der Waals surface area contributed by atoms with E-state index >= 15 is 0 Å². The Morgan fingerprint density at radius 2 is 1.89 bits per heavy atom. The second-order valence-corrected chi connectivity index (χ2v) is 6.73. The number of carbonyl (C=O) groups is 2. The van der Waals surface area contributed by atoms with E-state index in [1.807, 2.05) is 27.0 Å². The van der Waals surface area contributed by atoms with Gasteiger partial charge in [-0.3, -0.25) is 9.59 Å². The maximum Gasteiger partial charge on any atom is 0.248 e. The van der Waals surface area contributed by atoms with E-state index in [2.05, 4.69) is 5.32 Å². The average Bonchev–Trinajstić information content (AvgIpc) is 2.21. The van der Waals surface area contributed by atoms with Gasteiger partial charge >= 0.3 is 0 Å². The largest absolute Gasteiger partial charge is 0.340 e. The maximum absolute atomic E-state index is 12.5. The van der Waals surface area contributed by atoms with Gasteiger partial charge in [0.1, 0.15) is 11.6 Å². The highest BCUT2D eigenvalue weighted by atomic mass is 32.2. The lowest BCUT2D eigenvalue weighted by molar-refractivity contribution is -0.157. The summed E-state index contributed by atoms with van der Waals surface area (Å²) in [5, 5.41) is 2.83. The molecule has 0 aliphatic carbocycles. The predicted octanol–water partition coefficient (Wildman–Crippen LogP) is 1.50. The third-order valence-electron chi connectivity index (χ3n) is 3.29. The van der Waals surface area contributed by atoms with Crippen LogP contribution in [0.2, 0.25) is 0 Å². The molecule has 1 fully saturated rings. The summed E-state index contributed by atoms with van der Waals surface area (Å²) in [6.45, 7) is 9.51. The number of hydrogen-bond donors (Lipinski definition) is 1. The molecule has 2 atom stereocenters. The molecule has 1 saturated heterocycles. The number of hydrogen-bond acceptors (Lipinski definition) is 3. The van der Waals surface area contributed by atoms with Crippen molar-refractivity contribution in [1.29, 1.82) is 0 Å². The van der Waals surface area contributed by atoms with Crippen molar-refractivity contribution in [2.75, 3.05) is 12.0 Å². The monoisotopic (exact) mass is 272 g/mol. The van der Waals surface area contributed by atoms with E-state index in [0.717, 1.165) is 5.75 Å². The van der Waals surface area contributed by atoms with E-state index in [-0.39, 0.29) is 29.8 Å². The van der Waals surface area contributed by atoms with E-state index in [4.69, 9.17) is 0 Å². The Morgan fingerprint density at radius 1 is 1.33 bits per heavy atom. The van der Waals surface area contributed by atoms with Crippen molar-refractivity contribution in [3.05, 3.63) is 0 Å². The molecule has 5 heteroatoms. The Bertz CT molecular complexity index is 342. The Balaban J connectivity index is 3.09. The molecule has 0 aromatic rings. The summed E-state index contributed by atoms with van der Waals surface area (Å²) in [6.07, 6.45) is 2.01. The second-order valence-electron chi connectivity index (χ2n) is 5.82. The fourth-order valence-electron chi connectivity index (χ4n) is 2.43. The smallest absolute Gasteiger partial charge is 0.248 e. The molecule has 1 N–H and O–H groups in total. The van der Waals surface area contributed by atoms with E-state index in [0.29, 0.717) is 0 Å². The Labute approximate surface area is 114 Å². The normalized spacial score (nSPS) is 25.3. The van der Waals surface area contributed by atoms with Crippen LogP contribution in [0.25, 0.3) is 0 Å². The molecule has 0 spiro atoms. The second kappa shape index (κ2) is 5.51. The number of amides is 2. The van der Waals surface area contributed by atoms with Crippen molar-refractivity contribution in [2.24, 2.45) is 5.92 Å². The number of piperazine rings is 1. The zero-order valence-electron chi connectivity index (χ0n) is 12.1. The molecule has 18 heavy (non-hydrogen) atoms. The first-order valence-electron chi connectivity index (χ1n) is 6.36. The van der Waals surface area contributed by atoms with Crippen LogP contribution in [-0.4, -0.2) is 46.3 Å². The van der Waals surface area contributed by atoms with E-state index in [9.17, 15) is 9.59 Å². The predicted molar refractivity (Wildman–Crippen MR) is 75.5 cm³/mol. The third-order valence-corrected chi connectivity index (χ3v) is 4.10. The van der Waals surface area contributed by atoms with Gasteiger partial charge in [-0.2, -0.15) is 11.8 Å². The van der Waals surface area contributed by atoms with Crippen LogP contribution in [0.1, 0.15) is 34.6 Å². The molecule has 2 unspecified atom stereocenters. The molecule has 1 heterocycles. The summed E-state index contributed by atoms with van der Waals surface area (Å²) < 4.78 is 0. The molecule has 0 aromatic heterocycles. The van der Waals surface area contributed by atoms with Gasteiger partial charge in [0.2, 0.25) is 11.8 Å². The van der Waals surface area contributed by atoms with Crippen LogP contribution in [0.5, 0.6) is 0 Å². The minimum atomic E-state index is -0.796. The van der Waals surface area contributed by atoms with Crippen LogP contribution in [-0.2, 0) is 9.59 Å². The van der Waals surface area contributed by atoms with Gasteiger partial charge in [0, 0.05) is 11.8 Å². The number of thioether (sulfide) groups is 1. The quantitative estimate of drug-likeness (QED) is 0.844. The minimum Gasteiger partial charge on any atom is -0.340 e. The fraction of sp³-hybridized carbons (Fsp3) is 0.846.